The summed E-state index contributed by atoms with van der Waals surface area (Å²) >= 11 is 0. The molecule has 5 heteroatoms. The Balaban J connectivity index is 1.69. The molecule has 3 rings (SSSR count). The number of nitrogens with zero attached hydrogens (tertiary/aromatic N) is 4. The number of hydrogen-bond donors (Lipinski definition) is 1. The smallest absolute Gasteiger partial charge is 0.144 e. The molecule has 0 aliphatic heterocycles. The summed E-state index contributed by atoms with van der Waals surface area (Å²) in [7, 11) is 0. The van der Waals surface area contributed by atoms with Gasteiger partial charge in [0.1, 0.15) is 11.9 Å². The number of benzene rings is 1. The minimum Gasteiger partial charge on any atom is -0.369 e. The highest BCUT2D eigenvalue weighted by molar-refractivity contribution is 5.82. The Labute approximate surface area is 122 Å². The van der Waals surface area contributed by atoms with E-state index in [1.807, 2.05) is 41.1 Å². The molecule has 1 N–H and O–H groups in total. The van der Waals surface area contributed by atoms with Gasteiger partial charge in [0.15, 0.2) is 0 Å². The van der Waals surface area contributed by atoms with Crippen LogP contribution in [0.2, 0.25) is 0 Å². The van der Waals surface area contributed by atoms with Crippen LogP contribution < -0.4 is 5.32 Å². The first-order valence-electron chi connectivity index (χ1n) is 6.86. The molecule has 5 nitrogen and oxygen atoms in total. The third-order valence-electron chi connectivity index (χ3n) is 3.29. The van der Waals surface area contributed by atoms with Crippen molar-refractivity contribution in [3.05, 3.63) is 54.6 Å². The number of rotatable bonds is 5. The Morgan fingerprint density at radius 3 is 3.00 bits per heavy atom. The van der Waals surface area contributed by atoms with Crippen LogP contribution in [-0.4, -0.2) is 21.1 Å². The quantitative estimate of drug-likeness (QED) is 0.728. The standard InChI is InChI=1S/C16H15N5/c17-11-14-10-13-4-1-2-5-15(13)20-16(14)19-6-3-8-21-9-7-18-12-21/h1-2,4-5,7,9-10,12H,3,6,8H2,(H,19,20). The molecule has 2 heterocycles. The van der Waals surface area contributed by atoms with E-state index in [2.05, 4.69) is 21.4 Å². The summed E-state index contributed by atoms with van der Waals surface area (Å²) in [5.41, 5.74) is 1.48. The van der Waals surface area contributed by atoms with Crippen molar-refractivity contribution < 1.29 is 0 Å². The number of imidazole rings is 1. The van der Waals surface area contributed by atoms with Gasteiger partial charge in [-0.2, -0.15) is 5.26 Å². The molecule has 0 saturated heterocycles. The van der Waals surface area contributed by atoms with E-state index >= 15 is 0 Å². The number of para-hydroxylation sites is 1. The molecule has 0 unspecified atom stereocenters. The summed E-state index contributed by atoms with van der Waals surface area (Å²) in [6, 6.07) is 11.9. The number of aromatic nitrogens is 3. The second-order valence-corrected chi connectivity index (χ2v) is 4.77. The lowest BCUT2D eigenvalue weighted by Gasteiger charge is -2.09. The Bertz CT molecular complexity index is 771. The van der Waals surface area contributed by atoms with Gasteiger partial charge in [-0.25, -0.2) is 9.97 Å². The molecule has 21 heavy (non-hydrogen) atoms. The van der Waals surface area contributed by atoms with Crippen molar-refractivity contribution in [2.75, 3.05) is 11.9 Å². The van der Waals surface area contributed by atoms with Crippen molar-refractivity contribution in [3.8, 4) is 6.07 Å². The van der Waals surface area contributed by atoms with E-state index < -0.39 is 0 Å². The SMILES string of the molecule is N#Cc1cc2ccccc2nc1NCCCn1ccnc1. The summed E-state index contributed by atoms with van der Waals surface area (Å²) in [4.78, 5) is 8.54. The van der Waals surface area contributed by atoms with Crippen LogP contribution in [-0.2, 0) is 6.54 Å². The average Bonchev–Trinajstić information content (AvgIpc) is 3.04. The first-order valence-corrected chi connectivity index (χ1v) is 6.86. The highest BCUT2D eigenvalue weighted by Crippen LogP contribution is 2.19. The molecule has 0 fully saturated rings. The number of hydrogen-bond acceptors (Lipinski definition) is 4. The van der Waals surface area contributed by atoms with E-state index in [4.69, 9.17) is 0 Å². The summed E-state index contributed by atoms with van der Waals surface area (Å²) in [6.07, 6.45) is 6.45. The van der Waals surface area contributed by atoms with Crippen LogP contribution in [0.25, 0.3) is 10.9 Å². The third-order valence-corrected chi connectivity index (χ3v) is 3.29. The Morgan fingerprint density at radius 1 is 1.29 bits per heavy atom. The van der Waals surface area contributed by atoms with Crippen LogP contribution in [0.15, 0.2) is 49.1 Å². The van der Waals surface area contributed by atoms with E-state index in [1.165, 1.54) is 0 Å². The third kappa shape index (κ3) is 3.00. The van der Waals surface area contributed by atoms with Crippen LogP contribution in [0.1, 0.15) is 12.0 Å². The highest BCUT2D eigenvalue weighted by atomic mass is 15.0. The second kappa shape index (κ2) is 6.06. The second-order valence-electron chi connectivity index (χ2n) is 4.77. The van der Waals surface area contributed by atoms with E-state index in [9.17, 15) is 5.26 Å². The van der Waals surface area contributed by atoms with Gasteiger partial charge in [-0.15, -0.1) is 0 Å². The van der Waals surface area contributed by atoms with Gasteiger partial charge < -0.3 is 9.88 Å². The fourth-order valence-corrected chi connectivity index (χ4v) is 2.22. The molecule has 0 amide bonds. The fraction of sp³-hybridized carbons (Fsp3) is 0.188. The van der Waals surface area contributed by atoms with Gasteiger partial charge in [-0.05, 0) is 18.6 Å². The predicted octanol–water partition coefficient (Wildman–Crippen LogP) is 2.81. The molecular formula is C16H15N5. The van der Waals surface area contributed by atoms with Crippen molar-refractivity contribution in [3.63, 3.8) is 0 Å². The Hall–Kier alpha value is -2.87. The Kier molecular flexibility index (Phi) is 3.79. The first-order chi connectivity index (χ1) is 10.4. The maximum atomic E-state index is 9.24. The highest BCUT2D eigenvalue weighted by Gasteiger charge is 2.05. The van der Waals surface area contributed by atoms with Crippen molar-refractivity contribution in [2.24, 2.45) is 0 Å². The number of nitriles is 1. The molecule has 3 aromatic rings. The topological polar surface area (TPSA) is 66.5 Å². The van der Waals surface area contributed by atoms with Crippen LogP contribution in [0.4, 0.5) is 5.82 Å². The number of anilines is 1. The molecule has 0 atom stereocenters. The van der Waals surface area contributed by atoms with E-state index in [0.29, 0.717) is 11.4 Å². The van der Waals surface area contributed by atoms with Crippen LogP contribution >= 0.6 is 0 Å². The van der Waals surface area contributed by atoms with E-state index in [1.54, 1.807) is 12.5 Å². The summed E-state index contributed by atoms with van der Waals surface area (Å²) in [5, 5.41) is 13.5. The lowest BCUT2D eigenvalue weighted by atomic mass is 10.1. The van der Waals surface area contributed by atoms with Gasteiger partial charge >= 0.3 is 0 Å². The fourth-order valence-electron chi connectivity index (χ4n) is 2.22. The zero-order valence-electron chi connectivity index (χ0n) is 11.5. The summed E-state index contributed by atoms with van der Waals surface area (Å²) < 4.78 is 2.03. The van der Waals surface area contributed by atoms with Gasteiger partial charge in [0.2, 0.25) is 0 Å². The lowest BCUT2D eigenvalue weighted by molar-refractivity contribution is 0.660. The van der Waals surface area contributed by atoms with Crippen LogP contribution in [0.3, 0.4) is 0 Å². The van der Waals surface area contributed by atoms with Crippen molar-refractivity contribution in [2.45, 2.75) is 13.0 Å². The molecule has 0 bridgehead atoms. The zero-order chi connectivity index (χ0) is 14.5. The number of pyridine rings is 1. The molecule has 0 aliphatic carbocycles. The maximum Gasteiger partial charge on any atom is 0.144 e. The van der Waals surface area contributed by atoms with Crippen molar-refractivity contribution in [1.82, 2.24) is 14.5 Å². The monoisotopic (exact) mass is 277 g/mol. The molecule has 1 aromatic carbocycles. The maximum absolute atomic E-state index is 9.24. The lowest BCUT2D eigenvalue weighted by Crippen LogP contribution is -2.08. The minimum atomic E-state index is 0.580. The molecule has 104 valence electrons. The molecule has 2 aromatic heterocycles. The van der Waals surface area contributed by atoms with Crippen LogP contribution in [0.5, 0.6) is 0 Å². The molecule has 0 saturated carbocycles. The first kappa shape index (κ1) is 13.1. The molecule has 0 radical (unpaired) electrons. The van der Waals surface area contributed by atoms with E-state index in [0.717, 1.165) is 30.4 Å². The van der Waals surface area contributed by atoms with Gasteiger partial charge in [0, 0.05) is 30.9 Å². The number of nitrogens with one attached hydrogen (secondary N) is 1. The van der Waals surface area contributed by atoms with Gasteiger partial charge in [0.25, 0.3) is 0 Å². The van der Waals surface area contributed by atoms with Crippen LogP contribution in [0, 0.1) is 11.3 Å². The molecular weight excluding hydrogens is 262 g/mol. The number of aryl methyl sites for hydroxylation is 1. The van der Waals surface area contributed by atoms with Crippen molar-refractivity contribution in [1.29, 1.82) is 5.26 Å². The molecule has 0 aliphatic rings. The largest absolute Gasteiger partial charge is 0.369 e. The van der Waals surface area contributed by atoms with Gasteiger partial charge in [-0.1, -0.05) is 18.2 Å². The summed E-state index contributed by atoms with van der Waals surface area (Å²) in [5.74, 6) is 0.654. The normalized spacial score (nSPS) is 10.4. The predicted molar refractivity (Wildman–Crippen MR) is 81.8 cm³/mol. The van der Waals surface area contributed by atoms with Gasteiger partial charge in [0.05, 0.1) is 17.4 Å². The van der Waals surface area contributed by atoms with Crippen molar-refractivity contribution >= 4 is 16.7 Å². The minimum absolute atomic E-state index is 0.580. The van der Waals surface area contributed by atoms with Gasteiger partial charge in [-0.3, -0.25) is 0 Å². The van der Waals surface area contributed by atoms with E-state index in [-0.39, 0.29) is 0 Å². The summed E-state index contributed by atoms with van der Waals surface area (Å²) in [6.45, 7) is 1.65. The number of fused-ring (bicyclic) bond motifs is 1. The molecule has 0 spiro atoms. The zero-order valence-corrected chi connectivity index (χ0v) is 11.5. The Morgan fingerprint density at radius 2 is 2.19 bits per heavy atom. The average molecular weight is 277 g/mol.